The Labute approximate surface area is 120 Å². The van der Waals surface area contributed by atoms with Crippen LogP contribution in [-0.4, -0.2) is 42.4 Å². The van der Waals surface area contributed by atoms with E-state index in [0.29, 0.717) is 12.5 Å². The molecule has 0 saturated carbocycles. The Morgan fingerprint density at radius 2 is 2.11 bits per heavy atom. The molecular formula is C15H22ClNO2. The Balaban J connectivity index is 1.63. The lowest BCUT2D eigenvalue weighted by molar-refractivity contribution is 0.0275. The quantitative estimate of drug-likeness (QED) is 0.844. The lowest BCUT2D eigenvalue weighted by atomic mass is 9.96. The number of piperidine rings is 1. The molecule has 4 heteroatoms. The Hall–Kier alpha value is -0.770. The second-order valence-electron chi connectivity index (χ2n) is 5.29. The zero-order valence-electron chi connectivity index (χ0n) is 11.4. The number of aliphatic hydroxyl groups is 1. The van der Waals surface area contributed by atoms with E-state index in [9.17, 15) is 5.11 Å². The molecule has 1 aliphatic heterocycles. The Kier molecular flexibility index (Phi) is 5.49. The van der Waals surface area contributed by atoms with Gasteiger partial charge in [-0.05, 0) is 49.6 Å². The maximum Gasteiger partial charge on any atom is 0.119 e. The van der Waals surface area contributed by atoms with Crippen LogP contribution in [0.3, 0.4) is 0 Å². The predicted octanol–water partition coefficient (Wildman–Crippen LogP) is 2.81. The minimum atomic E-state index is -0.175. The average Bonchev–Trinajstić information content (AvgIpc) is 2.41. The first-order valence-corrected chi connectivity index (χ1v) is 7.32. The largest absolute Gasteiger partial charge is 0.494 e. The van der Waals surface area contributed by atoms with Crippen molar-refractivity contribution in [1.82, 2.24) is 4.90 Å². The summed E-state index contributed by atoms with van der Waals surface area (Å²) in [7, 11) is 0. The van der Waals surface area contributed by atoms with Gasteiger partial charge in [-0.1, -0.05) is 18.5 Å². The number of aliphatic hydroxyl groups excluding tert-OH is 1. The number of rotatable bonds is 5. The molecule has 0 aromatic heterocycles. The molecule has 0 amide bonds. The van der Waals surface area contributed by atoms with Crippen LogP contribution in [0.2, 0.25) is 5.02 Å². The van der Waals surface area contributed by atoms with Crippen molar-refractivity contribution in [2.24, 2.45) is 5.92 Å². The van der Waals surface area contributed by atoms with Gasteiger partial charge in [0.1, 0.15) is 5.75 Å². The molecule has 1 fully saturated rings. The minimum Gasteiger partial charge on any atom is -0.494 e. The molecule has 106 valence electrons. The van der Waals surface area contributed by atoms with Crippen LogP contribution < -0.4 is 4.74 Å². The molecular weight excluding hydrogens is 262 g/mol. The van der Waals surface area contributed by atoms with Gasteiger partial charge in [-0.25, -0.2) is 0 Å². The second-order valence-corrected chi connectivity index (χ2v) is 5.73. The normalized spacial score (nSPS) is 24.4. The highest BCUT2D eigenvalue weighted by atomic mass is 35.5. The summed E-state index contributed by atoms with van der Waals surface area (Å²) < 4.78 is 5.65. The fourth-order valence-electron chi connectivity index (χ4n) is 2.33. The molecule has 1 aromatic carbocycles. The summed E-state index contributed by atoms with van der Waals surface area (Å²) in [6.07, 6.45) is 1.88. The molecule has 3 nitrogen and oxygen atoms in total. The Bertz CT molecular complexity index is 382. The summed E-state index contributed by atoms with van der Waals surface area (Å²) >= 11 is 5.81. The number of halogens is 1. The highest BCUT2D eigenvalue weighted by molar-refractivity contribution is 6.30. The van der Waals surface area contributed by atoms with E-state index < -0.39 is 0 Å². The maximum atomic E-state index is 9.82. The van der Waals surface area contributed by atoms with E-state index in [1.807, 2.05) is 24.3 Å². The van der Waals surface area contributed by atoms with Crippen LogP contribution in [0.15, 0.2) is 24.3 Å². The van der Waals surface area contributed by atoms with Gasteiger partial charge in [0.2, 0.25) is 0 Å². The SMILES string of the molecule is CC1CCN(CCCOc2ccc(Cl)cc2)CC1O. The van der Waals surface area contributed by atoms with E-state index in [4.69, 9.17) is 16.3 Å². The molecule has 1 saturated heterocycles. The van der Waals surface area contributed by atoms with Crippen LogP contribution in [0.4, 0.5) is 0 Å². The molecule has 0 bridgehead atoms. The first-order valence-electron chi connectivity index (χ1n) is 6.94. The number of hydrogen-bond donors (Lipinski definition) is 1. The van der Waals surface area contributed by atoms with Gasteiger partial charge in [0.15, 0.2) is 0 Å². The van der Waals surface area contributed by atoms with Gasteiger partial charge >= 0.3 is 0 Å². The van der Waals surface area contributed by atoms with Gasteiger partial charge in [-0.15, -0.1) is 0 Å². The first kappa shape index (κ1) is 14.6. The van der Waals surface area contributed by atoms with Crippen LogP contribution in [-0.2, 0) is 0 Å². The predicted molar refractivity (Wildman–Crippen MR) is 77.8 cm³/mol. The second kappa shape index (κ2) is 7.13. The van der Waals surface area contributed by atoms with Gasteiger partial charge in [-0.2, -0.15) is 0 Å². The highest BCUT2D eigenvalue weighted by Gasteiger charge is 2.23. The van der Waals surface area contributed by atoms with Crippen molar-refractivity contribution in [3.63, 3.8) is 0 Å². The van der Waals surface area contributed by atoms with Gasteiger partial charge < -0.3 is 14.7 Å². The fraction of sp³-hybridized carbons (Fsp3) is 0.600. The van der Waals surface area contributed by atoms with Crippen molar-refractivity contribution in [2.75, 3.05) is 26.2 Å². The van der Waals surface area contributed by atoms with Crippen molar-refractivity contribution in [3.05, 3.63) is 29.3 Å². The minimum absolute atomic E-state index is 0.175. The van der Waals surface area contributed by atoms with Crippen molar-refractivity contribution < 1.29 is 9.84 Å². The van der Waals surface area contributed by atoms with Crippen LogP contribution in [0.1, 0.15) is 19.8 Å². The number of β-amino-alcohol motifs (C(OH)–C–C–N with tert-alkyl or cyclic N) is 1. The van der Waals surface area contributed by atoms with Crippen molar-refractivity contribution >= 4 is 11.6 Å². The van der Waals surface area contributed by atoms with Crippen molar-refractivity contribution in [3.8, 4) is 5.75 Å². The van der Waals surface area contributed by atoms with E-state index in [1.54, 1.807) is 0 Å². The molecule has 2 unspecified atom stereocenters. The fourth-order valence-corrected chi connectivity index (χ4v) is 2.45. The first-order chi connectivity index (χ1) is 9.15. The third-order valence-corrected chi connectivity index (χ3v) is 3.96. The molecule has 1 heterocycles. The summed E-state index contributed by atoms with van der Waals surface area (Å²) in [5.41, 5.74) is 0. The molecule has 0 spiro atoms. The van der Waals surface area contributed by atoms with Gasteiger partial charge in [-0.3, -0.25) is 0 Å². The maximum absolute atomic E-state index is 9.82. The van der Waals surface area contributed by atoms with Crippen LogP contribution in [0.5, 0.6) is 5.75 Å². The van der Waals surface area contributed by atoms with Crippen LogP contribution >= 0.6 is 11.6 Å². The number of hydrogen-bond acceptors (Lipinski definition) is 3. The molecule has 2 rings (SSSR count). The van der Waals surface area contributed by atoms with Gasteiger partial charge in [0.25, 0.3) is 0 Å². The van der Waals surface area contributed by atoms with Crippen LogP contribution in [0, 0.1) is 5.92 Å². The monoisotopic (exact) mass is 283 g/mol. The molecule has 2 atom stereocenters. The van der Waals surface area contributed by atoms with Gasteiger partial charge in [0.05, 0.1) is 12.7 Å². The summed E-state index contributed by atoms with van der Waals surface area (Å²) in [5, 5.41) is 10.5. The number of ether oxygens (including phenoxy) is 1. The van der Waals surface area contributed by atoms with E-state index in [0.717, 1.165) is 43.2 Å². The zero-order valence-corrected chi connectivity index (χ0v) is 12.1. The summed E-state index contributed by atoms with van der Waals surface area (Å²) in [4.78, 5) is 2.32. The smallest absolute Gasteiger partial charge is 0.119 e. The molecule has 1 N–H and O–H groups in total. The summed E-state index contributed by atoms with van der Waals surface area (Å²) in [6, 6.07) is 7.43. The number of nitrogens with zero attached hydrogens (tertiary/aromatic N) is 1. The van der Waals surface area contributed by atoms with Crippen molar-refractivity contribution in [1.29, 1.82) is 0 Å². The number of benzene rings is 1. The molecule has 0 radical (unpaired) electrons. The molecule has 19 heavy (non-hydrogen) atoms. The molecule has 0 aliphatic carbocycles. The zero-order chi connectivity index (χ0) is 13.7. The van der Waals surface area contributed by atoms with Crippen molar-refractivity contribution in [2.45, 2.75) is 25.9 Å². The van der Waals surface area contributed by atoms with E-state index in [2.05, 4.69) is 11.8 Å². The average molecular weight is 284 g/mol. The summed E-state index contributed by atoms with van der Waals surface area (Å²) in [5.74, 6) is 1.29. The lowest BCUT2D eigenvalue weighted by Crippen LogP contribution is -2.43. The van der Waals surface area contributed by atoms with E-state index in [1.165, 1.54) is 0 Å². The Morgan fingerprint density at radius 1 is 1.37 bits per heavy atom. The third-order valence-electron chi connectivity index (χ3n) is 3.70. The number of likely N-dealkylation sites (tertiary alicyclic amines) is 1. The highest BCUT2D eigenvalue weighted by Crippen LogP contribution is 2.18. The van der Waals surface area contributed by atoms with E-state index >= 15 is 0 Å². The molecule has 1 aromatic rings. The summed E-state index contributed by atoms with van der Waals surface area (Å²) in [6.45, 7) is 5.67. The molecule has 1 aliphatic rings. The lowest BCUT2D eigenvalue weighted by Gasteiger charge is -2.34. The Morgan fingerprint density at radius 3 is 2.79 bits per heavy atom. The van der Waals surface area contributed by atoms with Crippen LogP contribution in [0.25, 0.3) is 0 Å². The van der Waals surface area contributed by atoms with E-state index in [-0.39, 0.29) is 6.10 Å². The standard InChI is InChI=1S/C15H22ClNO2/c1-12-7-9-17(11-15(12)18)8-2-10-19-14-5-3-13(16)4-6-14/h3-6,12,15,18H,2,7-11H2,1H3. The van der Waals surface area contributed by atoms with Gasteiger partial charge in [0, 0.05) is 18.1 Å². The topological polar surface area (TPSA) is 32.7 Å². The third kappa shape index (κ3) is 4.68.